The fourth-order valence-electron chi connectivity index (χ4n) is 2.51. The van der Waals surface area contributed by atoms with Gasteiger partial charge in [0.25, 0.3) is 0 Å². The van der Waals surface area contributed by atoms with Crippen molar-refractivity contribution >= 4 is 21.8 Å². The third kappa shape index (κ3) is 4.62. The second kappa shape index (κ2) is 7.06. The summed E-state index contributed by atoms with van der Waals surface area (Å²) in [5.74, 6) is 0.0333. The highest BCUT2D eigenvalue weighted by molar-refractivity contribution is 9.10. The minimum atomic E-state index is -0.372. The Bertz CT molecular complexity index is 436. The minimum Gasteiger partial charge on any atom is -0.391 e. The van der Waals surface area contributed by atoms with Crippen LogP contribution in [0.4, 0.5) is 0 Å². The number of aryl methyl sites for hydroxylation is 1. The van der Waals surface area contributed by atoms with Gasteiger partial charge < -0.3 is 10.4 Å². The molecule has 1 aliphatic rings. The lowest BCUT2D eigenvalue weighted by Gasteiger charge is -2.28. The van der Waals surface area contributed by atoms with Crippen LogP contribution < -0.4 is 5.32 Å². The molecule has 1 aliphatic carbocycles. The quantitative estimate of drug-likeness (QED) is 0.894. The second-order valence-corrected chi connectivity index (χ2v) is 6.07. The van der Waals surface area contributed by atoms with E-state index in [0.717, 1.165) is 42.1 Å². The molecule has 0 aliphatic heterocycles. The number of aliphatic hydroxyl groups excluding tert-OH is 1. The number of benzene rings is 1. The molecule has 2 rings (SSSR count). The van der Waals surface area contributed by atoms with E-state index in [9.17, 15) is 9.90 Å². The van der Waals surface area contributed by atoms with E-state index in [1.165, 1.54) is 0 Å². The number of halogens is 1. The molecule has 1 aromatic rings. The van der Waals surface area contributed by atoms with Gasteiger partial charge in [0.05, 0.1) is 12.1 Å². The molecule has 2 atom stereocenters. The molecular weight excluding hydrogens is 306 g/mol. The Kier molecular flexibility index (Phi) is 5.40. The highest BCUT2D eigenvalue weighted by Gasteiger charge is 2.24. The lowest BCUT2D eigenvalue weighted by molar-refractivity contribution is -0.123. The molecule has 0 saturated heterocycles. The van der Waals surface area contributed by atoms with Crippen LogP contribution >= 0.6 is 15.9 Å². The normalized spacial score (nSPS) is 23.1. The molecule has 0 heterocycles. The van der Waals surface area contributed by atoms with E-state index < -0.39 is 0 Å². The van der Waals surface area contributed by atoms with Crippen molar-refractivity contribution in [3.05, 3.63) is 34.3 Å². The van der Waals surface area contributed by atoms with E-state index in [0.29, 0.717) is 6.42 Å². The fraction of sp³-hybridized carbons (Fsp3) is 0.533. The summed E-state index contributed by atoms with van der Waals surface area (Å²) >= 11 is 3.42. The zero-order valence-electron chi connectivity index (χ0n) is 10.9. The molecule has 0 spiro atoms. The lowest BCUT2D eigenvalue weighted by Crippen LogP contribution is -2.45. The van der Waals surface area contributed by atoms with Crippen molar-refractivity contribution in [2.24, 2.45) is 0 Å². The summed E-state index contributed by atoms with van der Waals surface area (Å²) in [6, 6.07) is 7.95. The fourth-order valence-corrected chi connectivity index (χ4v) is 2.96. The van der Waals surface area contributed by atoms with E-state index in [4.69, 9.17) is 0 Å². The monoisotopic (exact) mass is 325 g/mol. The third-order valence-corrected chi connectivity index (χ3v) is 4.10. The SMILES string of the molecule is O=C(CCc1cccc(Br)c1)N[C@@H]1CCCC[C@H]1O. The maximum Gasteiger partial charge on any atom is 0.220 e. The van der Waals surface area contributed by atoms with Crippen LogP contribution in [0.5, 0.6) is 0 Å². The molecule has 0 aromatic heterocycles. The van der Waals surface area contributed by atoms with E-state index in [1.54, 1.807) is 0 Å². The zero-order valence-corrected chi connectivity index (χ0v) is 12.5. The Balaban J connectivity index is 1.78. The summed E-state index contributed by atoms with van der Waals surface area (Å²) in [6.45, 7) is 0. The van der Waals surface area contributed by atoms with Gasteiger partial charge in [0.15, 0.2) is 0 Å². The molecule has 19 heavy (non-hydrogen) atoms. The summed E-state index contributed by atoms with van der Waals surface area (Å²) < 4.78 is 1.04. The number of rotatable bonds is 4. The summed E-state index contributed by atoms with van der Waals surface area (Å²) in [7, 11) is 0. The highest BCUT2D eigenvalue weighted by atomic mass is 79.9. The predicted molar refractivity (Wildman–Crippen MR) is 78.9 cm³/mol. The molecule has 0 bridgehead atoms. The van der Waals surface area contributed by atoms with Gasteiger partial charge in [0.1, 0.15) is 0 Å². The predicted octanol–water partition coefficient (Wildman–Crippen LogP) is 2.80. The first kappa shape index (κ1) is 14.5. The van der Waals surface area contributed by atoms with Gasteiger partial charge in [-0.15, -0.1) is 0 Å². The zero-order chi connectivity index (χ0) is 13.7. The summed E-state index contributed by atoms with van der Waals surface area (Å²) in [4.78, 5) is 11.9. The molecule has 4 heteroatoms. The van der Waals surface area contributed by atoms with Crippen LogP contribution in [-0.4, -0.2) is 23.2 Å². The van der Waals surface area contributed by atoms with Crippen LogP contribution in [0.15, 0.2) is 28.7 Å². The molecule has 1 saturated carbocycles. The van der Waals surface area contributed by atoms with Gasteiger partial charge in [-0.3, -0.25) is 4.79 Å². The number of carbonyl (C=O) groups excluding carboxylic acids is 1. The molecule has 0 radical (unpaired) electrons. The Morgan fingerprint density at radius 1 is 1.37 bits per heavy atom. The number of aliphatic hydroxyl groups is 1. The summed E-state index contributed by atoms with van der Waals surface area (Å²) in [5, 5.41) is 12.8. The number of amides is 1. The Morgan fingerprint density at radius 2 is 2.16 bits per heavy atom. The van der Waals surface area contributed by atoms with Crippen LogP contribution in [0.1, 0.15) is 37.7 Å². The summed E-state index contributed by atoms with van der Waals surface area (Å²) in [6.07, 6.45) is 4.68. The average Bonchev–Trinajstić information content (AvgIpc) is 2.39. The van der Waals surface area contributed by atoms with Crippen LogP contribution in [-0.2, 0) is 11.2 Å². The molecule has 2 N–H and O–H groups in total. The first-order valence-corrected chi connectivity index (χ1v) is 7.66. The molecule has 3 nitrogen and oxygen atoms in total. The molecular formula is C15H20BrNO2. The Morgan fingerprint density at radius 3 is 2.89 bits per heavy atom. The average molecular weight is 326 g/mol. The smallest absolute Gasteiger partial charge is 0.220 e. The summed E-state index contributed by atoms with van der Waals surface area (Å²) in [5.41, 5.74) is 1.15. The number of hydrogen-bond acceptors (Lipinski definition) is 2. The largest absolute Gasteiger partial charge is 0.391 e. The van der Waals surface area contributed by atoms with Crippen LogP contribution in [0.2, 0.25) is 0 Å². The van der Waals surface area contributed by atoms with Gasteiger partial charge in [-0.05, 0) is 37.0 Å². The number of hydrogen-bond donors (Lipinski definition) is 2. The first-order chi connectivity index (χ1) is 9.15. The van der Waals surface area contributed by atoms with Gasteiger partial charge in [-0.2, -0.15) is 0 Å². The van der Waals surface area contributed by atoms with Gasteiger partial charge in [-0.25, -0.2) is 0 Å². The number of nitrogens with one attached hydrogen (secondary N) is 1. The Labute approximate surface area is 122 Å². The van der Waals surface area contributed by atoms with Gasteiger partial charge in [0.2, 0.25) is 5.91 Å². The van der Waals surface area contributed by atoms with Crippen LogP contribution in [0.3, 0.4) is 0 Å². The first-order valence-electron chi connectivity index (χ1n) is 6.87. The van der Waals surface area contributed by atoms with E-state index in [-0.39, 0.29) is 18.1 Å². The highest BCUT2D eigenvalue weighted by Crippen LogP contribution is 2.18. The topological polar surface area (TPSA) is 49.3 Å². The lowest BCUT2D eigenvalue weighted by atomic mass is 9.92. The van der Waals surface area contributed by atoms with Gasteiger partial charge in [-0.1, -0.05) is 40.9 Å². The molecule has 1 aromatic carbocycles. The maximum atomic E-state index is 11.9. The minimum absolute atomic E-state index is 0.0333. The maximum absolute atomic E-state index is 11.9. The molecule has 0 unspecified atom stereocenters. The van der Waals surface area contributed by atoms with E-state index >= 15 is 0 Å². The van der Waals surface area contributed by atoms with Crippen molar-refractivity contribution in [1.29, 1.82) is 0 Å². The van der Waals surface area contributed by atoms with Gasteiger partial charge in [0, 0.05) is 10.9 Å². The van der Waals surface area contributed by atoms with Crippen molar-refractivity contribution < 1.29 is 9.90 Å². The molecule has 1 fully saturated rings. The van der Waals surface area contributed by atoms with Crippen molar-refractivity contribution in [3.63, 3.8) is 0 Å². The second-order valence-electron chi connectivity index (χ2n) is 5.16. The van der Waals surface area contributed by atoms with Crippen molar-refractivity contribution in [3.8, 4) is 0 Å². The van der Waals surface area contributed by atoms with Crippen molar-refractivity contribution in [2.45, 2.75) is 50.7 Å². The third-order valence-electron chi connectivity index (χ3n) is 3.61. The van der Waals surface area contributed by atoms with Gasteiger partial charge >= 0.3 is 0 Å². The van der Waals surface area contributed by atoms with Crippen LogP contribution in [0, 0.1) is 0 Å². The molecule has 1 amide bonds. The van der Waals surface area contributed by atoms with Crippen LogP contribution in [0.25, 0.3) is 0 Å². The standard InChI is InChI=1S/C15H20BrNO2/c16-12-5-3-4-11(10-12)8-9-15(19)17-13-6-1-2-7-14(13)18/h3-5,10,13-14,18H,1-2,6-9H2,(H,17,19)/t13-,14-/m1/s1. The molecule has 104 valence electrons. The Hall–Kier alpha value is -0.870. The number of carbonyl (C=O) groups is 1. The van der Waals surface area contributed by atoms with E-state index in [2.05, 4.69) is 21.2 Å². The van der Waals surface area contributed by atoms with E-state index in [1.807, 2.05) is 24.3 Å². The van der Waals surface area contributed by atoms with Crippen molar-refractivity contribution in [2.75, 3.05) is 0 Å². The van der Waals surface area contributed by atoms with Crippen molar-refractivity contribution in [1.82, 2.24) is 5.32 Å².